The number of nitrogens with zero attached hydrogens (tertiary/aromatic N) is 4. The molecule has 0 aliphatic heterocycles. The summed E-state index contributed by atoms with van der Waals surface area (Å²) in [7, 11) is 1.60. The van der Waals surface area contributed by atoms with Crippen LogP contribution in [0.5, 0.6) is 5.75 Å². The summed E-state index contributed by atoms with van der Waals surface area (Å²) in [6, 6.07) is 36.7. The van der Waals surface area contributed by atoms with E-state index in [9.17, 15) is 0 Å². The Bertz CT molecular complexity index is 1410. The molecule has 8 nitrogen and oxygen atoms in total. The van der Waals surface area contributed by atoms with Crippen LogP contribution < -0.4 is 20.7 Å². The predicted molar refractivity (Wildman–Crippen MR) is 148 cm³/mol. The lowest BCUT2D eigenvalue weighted by Gasteiger charge is -2.15. The number of nitrogens with one attached hydrogen (secondary N) is 3. The molecule has 37 heavy (non-hydrogen) atoms. The highest BCUT2D eigenvalue weighted by atomic mass is 16.5. The second-order valence-corrected chi connectivity index (χ2v) is 7.94. The third-order valence-electron chi connectivity index (χ3n) is 5.33. The maximum Gasteiger partial charge on any atom is 0.231 e. The highest BCUT2D eigenvalue weighted by Gasteiger charge is 2.17. The van der Waals surface area contributed by atoms with Crippen molar-refractivity contribution >= 4 is 46.0 Å². The Morgan fingerprint density at radius 2 is 1.00 bits per heavy atom. The van der Waals surface area contributed by atoms with E-state index in [1.807, 2.05) is 115 Å². The highest BCUT2D eigenvalue weighted by Crippen LogP contribution is 2.38. The molecule has 0 atom stereocenters. The molecule has 0 spiro atoms. The third-order valence-corrected chi connectivity index (χ3v) is 5.33. The van der Waals surface area contributed by atoms with Crippen molar-refractivity contribution in [3.63, 3.8) is 0 Å². The number of aromatic nitrogens is 2. The molecule has 5 rings (SSSR count). The minimum absolute atomic E-state index is 0.402. The first-order chi connectivity index (χ1) is 18.3. The maximum absolute atomic E-state index is 5.44. The van der Waals surface area contributed by atoms with Crippen molar-refractivity contribution in [2.24, 2.45) is 10.2 Å². The Morgan fingerprint density at radius 3 is 1.51 bits per heavy atom. The van der Waals surface area contributed by atoms with Crippen LogP contribution in [-0.4, -0.2) is 17.1 Å². The molecule has 0 aliphatic carbocycles. The van der Waals surface area contributed by atoms with E-state index in [4.69, 9.17) is 14.7 Å². The van der Waals surface area contributed by atoms with Crippen molar-refractivity contribution in [2.45, 2.75) is 0 Å². The summed E-state index contributed by atoms with van der Waals surface area (Å²) in [5, 5.41) is 19.1. The van der Waals surface area contributed by atoms with Gasteiger partial charge in [-0.25, -0.2) is 0 Å². The molecule has 3 N–H and O–H groups in total. The number of hydrogen-bond donors (Lipinski definition) is 3. The zero-order chi connectivity index (χ0) is 25.3. The van der Waals surface area contributed by atoms with Crippen LogP contribution >= 0.6 is 0 Å². The number of methoxy groups -OCH3 is 1. The number of ether oxygens (including phenoxy) is 1. The fraction of sp³-hybridized carbons (Fsp3) is 0.0345. The van der Waals surface area contributed by atoms with Gasteiger partial charge < -0.3 is 20.7 Å². The first-order valence-electron chi connectivity index (χ1n) is 11.7. The topological polar surface area (TPSA) is 95.8 Å². The zero-order valence-electron chi connectivity index (χ0n) is 20.2. The normalized spacial score (nSPS) is 10.7. The van der Waals surface area contributed by atoms with Gasteiger partial charge in [0, 0.05) is 17.1 Å². The molecule has 5 aromatic rings. The summed E-state index contributed by atoms with van der Waals surface area (Å²) < 4.78 is 5.44. The molecular weight excluding hydrogens is 462 g/mol. The van der Waals surface area contributed by atoms with Crippen LogP contribution in [-0.2, 0) is 0 Å². The molecule has 0 fully saturated rings. The van der Waals surface area contributed by atoms with Gasteiger partial charge in [-0.05, 0) is 48.5 Å². The number of anilines is 6. The predicted octanol–water partition coefficient (Wildman–Crippen LogP) is 8.13. The SMILES string of the molecule is COc1ccccc1N=Nc1c(Nc2ccccc2)nc(Nc2ccccc2)nc1Nc1ccccc1. The molecule has 8 heteroatoms. The standard InChI is InChI=1S/C29H25N7O/c1-37-25-20-12-11-19-24(25)35-36-26-27(30-21-13-5-2-6-14-21)33-29(32-23-17-9-4-10-18-23)34-28(26)31-22-15-7-3-8-16-22/h2-20H,1H3,(H3,30,31,32,33,34). The summed E-state index contributed by atoms with van der Waals surface area (Å²) in [6.07, 6.45) is 0. The molecule has 0 saturated heterocycles. The van der Waals surface area contributed by atoms with Crippen LogP contribution in [0.1, 0.15) is 0 Å². The van der Waals surface area contributed by atoms with Gasteiger partial charge in [0.1, 0.15) is 11.4 Å². The van der Waals surface area contributed by atoms with Gasteiger partial charge in [-0.15, -0.1) is 10.2 Å². The first-order valence-corrected chi connectivity index (χ1v) is 11.7. The summed E-state index contributed by atoms with van der Waals surface area (Å²) in [4.78, 5) is 9.52. The molecule has 0 radical (unpaired) electrons. The Hall–Kier alpha value is -5.24. The van der Waals surface area contributed by atoms with E-state index >= 15 is 0 Å². The molecule has 4 aromatic carbocycles. The van der Waals surface area contributed by atoms with Gasteiger partial charge in [0.25, 0.3) is 0 Å². The van der Waals surface area contributed by atoms with E-state index in [0.29, 0.717) is 34.7 Å². The Labute approximate surface area is 215 Å². The molecule has 0 unspecified atom stereocenters. The first kappa shape index (κ1) is 23.5. The Kier molecular flexibility index (Phi) is 7.28. The van der Waals surface area contributed by atoms with Gasteiger partial charge >= 0.3 is 0 Å². The smallest absolute Gasteiger partial charge is 0.231 e. The monoisotopic (exact) mass is 487 g/mol. The molecule has 0 saturated carbocycles. The van der Waals surface area contributed by atoms with E-state index in [2.05, 4.69) is 26.2 Å². The van der Waals surface area contributed by atoms with Gasteiger partial charge in [0.15, 0.2) is 17.3 Å². The molecule has 0 aliphatic rings. The van der Waals surface area contributed by atoms with E-state index in [0.717, 1.165) is 17.1 Å². The maximum atomic E-state index is 5.44. The number of hydrogen-bond acceptors (Lipinski definition) is 8. The van der Waals surface area contributed by atoms with Crippen LogP contribution in [0, 0.1) is 0 Å². The van der Waals surface area contributed by atoms with Crippen molar-refractivity contribution in [2.75, 3.05) is 23.1 Å². The van der Waals surface area contributed by atoms with E-state index in [1.165, 1.54) is 0 Å². The van der Waals surface area contributed by atoms with Gasteiger partial charge in [-0.1, -0.05) is 66.7 Å². The minimum atomic E-state index is 0.402. The molecule has 182 valence electrons. The van der Waals surface area contributed by atoms with Crippen LogP contribution in [0.2, 0.25) is 0 Å². The summed E-state index contributed by atoms with van der Waals surface area (Å²) in [6.45, 7) is 0. The number of benzene rings is 4. The Morgan fingerprint density at radius 1 is 0.541 bits per heavy atom. The van der Waals surface area contributed by atoms with Gasteiger partial charge in [0.05, 0.1) is 7.11 Å². The van der Waals surface area contributed by atoms with Gasteiger partial charge in [-0.3, -0.25) is 0 Å². The van der Waals surface area contributed by atoms with Crippen molar-refractivity contribution in [3.05, 3.63) is 115 Å². The summed E-state index contributed by atoms with van der Waals surface area (Å²) in [5.74, 6) is 1.98. The minimum Gasteiger partial charge on any atom is -0.494 e. The molecule has 0 bridgehead atoms. The van der Waals surface area contributed by atoms with E-state index in [-0.39, 0.29) is 0 Å². The largest absolute Gasteiger partial charge is 0.494 e. The third kappa shape index (κ3) is 6.07. The van der Waals surface area contributed by atoms with Crippen LogP contribution in [0.25, 0.3) is 0 Å². The number of azo groups is 1. The van der Waals surface area contributed by atoms with Crippen LogP contribution in [0.15, 0.2) is 125 Å². The van der Waals surface area contributed by atoms with E-state index in [1.54, 1.807) is 7.11 Å². The van der Waals surface area contributed by atoms with Gasteiger partial charge in [-0.2, -0.15) is 9.97 Å². The number of rotatable bonds is 9. The lowest BCUT2D eigenvalue weighted by atomic mass is 10.3. The summed E-state index contributed by atoms with van der Waals surface area (Å²) in [5.41, 5.74) is 3.60. The van der Waals surface area contributed by atoms with Crippen molar-refractivity contribution in [1.82, 2.24) is 9.97 Å². The molecule has 0 amide bonds. The molecular formula is C29H25N7O. The zero-order valence-corrected chi connectivity index (χ0v) is 20.2. The van der Waals surface area contributed by atoms with Crippen molar-refractivity contribution < 1.29 is 4.74 Å². The van der Waals surface area contributed by atoms with Gasteiger partial charge in [0.2, 0.25) is 5.95 Å². The summed E-state index contributed by atoms with van der Waals surface area (Å²) >= 11 is 0. The second-order valence-electron chi connectivity index (χ2n) is 7.94. The van der Waals surface area contributed by atoms with E-state index < -0.39 is 0 Å². The Balaban J connectivity index is 1.63. The highest BCUT2D eigenvalue weighted by molar-refractivity contribution is 5.81. The average Bonchev–Trinajstić information content (AvgIpc) is 2.94. The molecule has 1 aromatic heterocycles. The molecule has 1 heterocycles. The van der Waals surface area contributed by atoms with Crippen molar-refractivity contribution in [1.29, 1.82) is 0 Å². The fourth-order valence-corrected chi connectivity index (χ4v) is 3.56. The lowest BCUT2D eigenvalue weighted by Crippen LogP contribution is -2.05. The average molecular weight is 488 g/mol. The number of para-hydroxylation sites is 4. The lowest BCUT2D eigenvalue weighted by molar-refractivity contribution is 0.416. The fourth-order valence-electron chi connectivity index (χ4n) is 3.56. The van der Waals surface area contributed by atoms with Crippen LogP contribution in [0.3, 0.4) is 0 Å². The van der Waals surface area contributed by atoms with Crippen LogP contribution in [0.4, 0.5) is 46.0 Å². The quantitative estimate of drug-likeness (QED) is 0.182. The second kappa shape index (κ2) is 11.5. The van der Waals surface area contributed by atoms with Crippen molar-refractivity contribution in [3.8, 4) is 5.75 Å².